The summed E-state index contributed by atoms with van der Waals surface area (Å²) in [6.45, 7) is 0.369. The van der Waals surface area contributed by atoms with Gasteiger partial charge in [0.2, 0.25) is 0 Å². The molecule has 0 aromatic heterocycles. The van der Waals surface area contributed by atoms with Gasteiger partial charge < -0.3 is 9.80 Å². The average Bonchev–Trinajstić information content (AvgIpc) is 3.36. The second-order valence-electron chi connectivity index (χ2n) is 7.79. The zero-order chi connectivity index (χ0) is 23.2. The lowest BCUT2D eigenvalue weighted by atomic mass is 10.0. The molecule has 2 amide bonds. The van der Waals surface area contributed by atoms with Crippen LogP contribution in [0.3, 0.4) is 0 Å². The molecule has 0 radical (unpaired) electrons. The number of anilines is 1. The van der Waals surface area contributed by atoms with Crippen LogP contribution >= 0.6 is 11.8 Å². The SMILES string of the molecule is N#Cc1cccc(CN2C(=O)[C@]3(SCCN3C(=O)c3ccccc3F)c3cc(F)ccc32)c1. The van der Waals surface area contributed by atoms with Crippen LogP contribution in [0.15, 0.2) is 66.7 Å². The highest BCUT2D eigenvalue weighted by molar-refractivity contribution is 8.01. The van der Waals surface area contributed by atoms with Crippen LogP contribution in [0.4, 0.5) is 14.5 Å². The summed E-state index contributed by atoms with van der Waals surface area (Å²) in [5.41, 5.74) is 1.91. The molecule has 0 unspecified atom stereocenters. The lowest BCUT2D eigenvalue weighted by Crippen LogP contribution is -2.50. The van der Waals surface area contributed by atoms with E-state index in [4.69, 9.17) is 0 Å². The van der Waals surface area contributed by atoms with Crippen LogP contribution in [0.5, 0.6) is 0 Å². The molecule has 0 N–H and O–H groups in total. The summed E-state index contributed by atoms with van der Waals surface area (Å²) >= 11 is 1.24. The fourth-order valence-electron chi connectivity index (χ4n) is 4.45. The minimum absolute atomic E-state index is 0.134. The molecule has 1 fully saturated rings. The number of benzene rings is 3. The smallest absolute Gasteiger partial charge is 0.268 e. The molecule has 5 nitrogen and oxygen atoms in total. The largest absolute Gasteiger partial charge is 0.311 e. The summed E-state index contributed by atoms with van der Waals surface area (Å²) < 4.78 is 28.8. The zero-order valence-corrected chi connectivity index (χ0v) is 18.1. The maximum Gasteiger partial charge on any atom is 0.268 e. The summed E-state index contributed by atoms with van der Waals surface area (Å²) in [5.74, 6) is -1.77. The Balaban J connectivity index is 1.61. The molecule has 2 heterocycles. The van der Waals surface area contributed by atoms with E-state index in [1.54, 1.807) is 30.3 Å². The molecular weight excluding hydrogens is 444 g/mol. The Morgan fingerprint density at radius 2 is 1.91 bits per heavy atom. The number of rotatable bonds is 3. The molecule has 0 saturated carbocycles. The minimum atomic E-state index is -1.48. The number of hydrogen-bond donors (Lipinski definition) is 0. The highest BCUT2D eigenvalue weighted by Crippen LogP contribution is 2.55. The predicted molar refractivity (Wildman–Crippen MR) is 120 cm³/mol. The fourth-order valence-corrected chi connectivity index (χ4v) is 5.90. The van der Waals surface area contributed by atoms with Crippen molar-refractivity contribution in [3.63, 3.8) is 0 Å². The third-order valence-corrected chi connectivity index (χ3v) is 7.32. The van der Waals surface area contributed by atoms with Gasteiger partial charge >= 0.3 is 0 Å². The third-order valence-electron chi connectivity index (χ3n) is 5.90. The molecule has 33 heavy (non-hydrogen) atoms. The number of fused-ring (bicyclic) bond motifs is 2. The maximum absolute atomic E-state index is 14.4. The Hall–Kier alpha value is -3.70. The van der Waals surface area contributed by atoms with Crippen molar-refractivity contribution in [2.45, 2.75) is 11.4 Å². The molecule has 5 rings (SSSR count). The fraction of sp³-hybridized carbons (Fsp3) is 0.160. The van der Waals surface area contributed by atoms with E-state index in [1.165, 1.54) is 58.0 Å². The number of carbonyl (C=O) groups is 2. The number of thioether (sulfide) groups is 1. The van der Waals surface area contributed by atoms with Crippen molar-refractivity contribution >= 4 is 29.3 Å². The Bertz CT molecular complexity index is 1340. The lowest BCUT2D eigenvalue weighted by Gasteiger charge is -2.33. The molecule has 164 valence electrons. The van der Waals surface area contributed by atoms with E-state index in [2.05, 4.69) is 6.07 Å². The van der Waals surface area contributed by atoms with E-state index in [0.717, 1.165) is 5.56 Å². The number of nitriles is 1. The second-order valence-corrected chi connectivity index (χ2v) is 9.08. The number of hydrogen-bond acceptors (Lipinski definition) is 4. The molecule has 1 atom stereocenters. The minimum Gasteiger partial charge on any atom is -0.311 e. The van der Waals surface area contributed by atoms with Gasteiger partial charge in [0.15, 0.2) is 4.87 Å². The van der Waals surface area contributed by atoms with Crippen molar-refractivity contribution in [2.75, 3.05) is 17.2 Å². The highest BCUT2D eigenvalue weighted by Gasteiger charge is 2.59. The van der Waals surface area contributed by atoms with E-state index in [-0.39, 0.29) is 18.7 Å². The Morgan fingerprint density at radius 3 is 2.70 bits per heavy atom. The topological polar surface area (TPSA) is 64.4 Å². The highest BCUT2D eigenvalue weighted by atomic mass is 32.2. The number of amides is 2. The number of nitrogens with zero attached hydrogens (tertiary/aromatic N) is 3. The van der Waals surface area contributed by atoms with Crippen molar-refractivity contribution in [1.29, 1.82) is 5.26 Å². The van der Waals surface area contributed by atoms with E-state index in [1.807, 2.05) is 0 Å². The monoisotopic (exact) mass is 461 g/mol. The van der Waals surface area contributed by atoms with Gasteiger partial charge in [-0.05, 0) is 48.0 Å². The van der Waals surface area contributed by atoms with Gasteiger partial charge in [-0.2, -0.15) is 5.26 Å². The average molecular weight is 461 g/mol. The molecule has 3 aromatic rings. The quantitative estimate of drug-likeness (QED) is 0.579. The second kappa shape index (κ2) is 8.01. The first-order chi connectivity index (χ1) is 16.0. The molecule has 1 saturated heterocycles. The summed E-state index contributed by atoms with van der Waals surface area (Å²) in [6, 6.07) is 18.7. The maximum atomic E-state index is 14.4. The van der Waals surface area contributed by atoms with Crippen LogP contribution in [0.25, 0.3) is 0 Å². The molecular formula is C25H17F2N3O2S. The van der Waals surface area contributed by atoms with E-state index in [0.29, 0.717) is 22.6 Å². The van der Waals surface area contributed by atoms with Crippen molar-refractivity contribution in [1.82, 2.24) is 4.90 Å². The van der Waals surface area contributed by atoms with Crippen molar-refractivity contribution in [3.05, 3.63) is 101 Å². The lowest BCUT2D eigenvalue weighted by molar-refractivity contribution is -0.123. The van der Waals surface area contributed by atoms with Crippen LogP contribution < -0.4 is 4.90 Å². The third kappa shape index (κ3) is 3.28. The molecule has 3 aromatic carbocycles. The Morgan fingerprint density at radius 1 is 1.09 bits per heavy atom. The van der Waals surface area contributed by atoms with Crippen LogP contribution in [0.2, 0.25) is 0 Å². The van der Waals surface area contributed by atoms with E-state index < -0.39 is 28.3 Å². The zero-order valence-electron chi connectivity index (χ0n) is 17.3. The first-order valence-corrected chi connectivity index (χ1v) is 11.3. The van der Waals surface area contributed by atoms with Crippen LogP contribution in [0.1, 0.15) is 27.0 Å². The van der Waals surface area contributed by atoms with Gasteiger partial charge in [-0.15, -0.1) is 11.8 Å². The normalized spacial score (nSPS) is 19.1. The van der Waals surface area contributed by atoms with Crippen LogP contribution in [-0.2, 0) is 16.2 Å². The molecule has 0 bridgehead atoms. The molecule has 2 aliphatic rings. The number of halogens is 2. The van der Waals surface area contributed by atoms with Crippen molar-refractivity contribution < 1.29 is 18.4 Å². The van der Waals surface area contributed by atoms with Gasteiger partial charge in [0.25, 0.3) is 11.8 Å². The van der Waals surface area contributed by atoms with Gasteiger partial charge in [-0.25, -0.2) is 8.78 Å². The van der Waals surface area contributed by atoms with Gasteiger partial charge in [0.05, 0.1) is 29.4 Å². The molecule has 8 heteroatoms. The first-order valence-electron chi connectivity index (χ1n) is 10.3. The van der Waals surface area contributed by atoms with Crippen LogP contribution in [0, 0.1) is 23.0 Å². The van der Waals surface area contributed by atoms with Crippen LogP contribution in [-0.4, -0.2) is 29.0 Å². The summed E-state index contributed by atoms with van der Waals surface area (Å²) in [7, 11) is 0. The first kappa shape index (κ1) is 21.2. The standard InChI is InChI=1S/C25H17F2N3O2S/c26-18-8-9-22-20(13-18)25(24(32)29(22)15-17-5-3-4-16(12-17)14-28)30(10-11-33-25)23(31)19-6-1-2-7-21(19)27/h1-9,12-13H,10-11,15H2/t25-/m1/s1. The van der Waals surface area contributed by atoms with Gasteiger partial charge in [0, 0.05) is 17.9 Å². The van der Waals surface area contributed by atoms with E-state index in [9.17, 15) is 23.6 Å². The Labute approximate surface area is 193 Å². The van der Waals surface area contributed by atoms with Gasteiger partial charge in [-0.3, -0.25) is 9.59 Å². The summed E-state index contributed by atoms with van der Waals surface area (Å²) in [6.07, 6.45) is 0. The van der Waals surface area contributed by atoms with Crippen molar-refractivity contribution in [3.8, 4) is 6.07 Å². The predicted octanol–water partition coefficient (Wildman–Crippen LogP) is 4.43. The summed E-state index contributed by atoms with van der Waals surface area (Å²) in [4.78, 5) is 28.7. The molecule has 0 aliphatic carbocycles. The van der Waals surface area contributed by atoms with Gasteiger partial charge in [-0.1, -0.05) is 24.3 Å². The Kier molecular flexibility index (Phi) is 5.14. The van der Waals surface area contributed by atoms with Gasteiger partial charge in [0.1, 0.15) is 11.6 Å². The van der Waals surface area contributed by atoms with E-state index >= 15 is 0 Å². The number of carbonyl (C=O) groups excluding carboxylic acids is 2. The summed E-state index contributed by atoms with van der Waals surface area (Å²) in [5, 5.41) is 9.21. The molecule has 1 spiro atoms. The van der Waals surface area contributed by atoms with Crippen molar-refractivity contribution in [2.24, 2.45) is 0 Å². The molecule has 2 aliphatic heterocycles.